The number of rotatable bonds is 47. The van der Waals surface area contributed by atoms with E-state index in [9.17, 15) is 22.6 Å². The van der Waals surface area contributed by atoms with Crippen LogP contribution in [-0.2, 0) is 19.6 Å². The van der Waals surface area contributed by atoms with Gasteiger partial charge in [0.25, 0.3) is 0 Å². The summed E-state index contributed by atoms with van der Waals surface area (Å²) >= 11 is 0. The van der Waals surface area contributed by atoms with Crippen molar-refractivity contribution in [3.8, 4) is 0 Å². The summed E-state index contributed by atoms with van der Waals surface area (Å²) < 4.78 is 47.0. The Balaban J connectivity index is 0.0000410. The van der Waals surface area contributed by atoms with Crippen molar-refractivity contribution in [3.05, 3.63) is 53.6 Å². The molecule has 0 aliphatic carbocycles. The molecule has 0 bridgehead atoms. The molecule has 0 unspecified atom stereocenters. The molecule has 0 radical (unpaired) electrons. The van der Waals surface area contributed by atoms with Gasteiger partial charge in [0.15, 0.2) is 0 Å². The second-order valence-corrected chi connectivity index (χ2v) is 19.9. The van der Waals surface area contributed by atoms with E-state index in [1.807, 2.05) is 0 Å². The Bertz CT molecular complexity index is 1410. The Kier molecular flexibility index (Phi) is 46.5. The zero-order chi connectivity index (χ0) is 46.4. The molecule has 0 saturated heterocycles. The molecule has 1 aromatic rings. The van der Waals surface area contributed by atoms with Gasteiger partial charge in [-0.05, 0) is 64.5 Å². The molecule has 0 aliphatic heterocycles. The summed E-state index contributed by atoms with van der Waals surface area (Å²) in [5.41, 5.74) is -0.765. The van der Waals surface area contributed by atoms with Crippen LogP contribution >= 0.6 is 0 Å². The number of esters is 2. The molecule has 65 heavy (non-hydrogen) atoms. The zero-order valence-corrected chi connectivity index (χ0v) is 45.3. The Hall–Kier alpha value is -1.45. The Morgan fingerprint density at radius 3 is 0.969 bits per heavy atom. The number of ether oxygens (including phenoxy) is 2. The van der Waals surface area contributed by atoms with Gasteiger partial charge in [0.2, 0.25) is 0 Å². The van der Waals surface area contributed by atoms with Crippen molar-refractivity contribution in [1.29, 1.82) is 0 Å². The van der Waals surface area contributed by atoms with Crippen LogP contribution in [0.5, 0.6) is 0 Å². The fourth-order valence-electron chi connectivity index (χ4n) is 8.67. The fraction of sp³-hybridized carbons (Fsp3) is 0.786. The van der Waals surface area contributed by atoms with E-state index in [1.165, 1.54) is 218 Å². The van der Waals surface area contributed by atoms with Gasteiger partial charge in [0.1, 0.15) is 10.1 Å². The normalized spacial score (nSPS) is 11.7. The molecule has 0 saturated carbocycles. The second kappa shape index (κ2) is 47.6. The third kappa shape index (κ3) is 39.1. The van der Waals surface area contributed by atoms with Crippen molar-refractivity contribution in [2.45, 2.75) is 276 Å². The first-order valence-corrected chi connectivity index (χ1v) is 28.4. The van der Waals surface area contributed by atoms with Crippen LogP contribution in [0, 0.1) is 0 Å². The van der Waals surface area contributed by atoms with Crippen molar-refractivity contribution in [2.24, 2.45) is 0 Å². The number of benzene rings is 1. The van der Waals surface area contributed by atoms with Gasteiger partial charge in [0, 0.05) is 0 Å². The van der Waals surface area contributed by atoms with E-state index in [-0.39, 0.29) is 48.3 Å². The summed E-state index contributed by atoms with van der Waals surface area (Å²) in [7, 11) is -5.02. The number of carbonyl (C=O) groups is 2. The van der Waals surface area contributed by atoms with Gasteiger partial charge in [0.05, 0.1) is 29.2 Å². The molecule has 0 N–H and O–H groups in total. The molecule has 0 aromatic heterocycles. The molecule has 0 spiro atoms. The minimum Gasteiger partial charge on any atom is -0.744 e. The Morgan fingerprint density at radius 1 is 0.431 bits per heavy atom. The Labute approximate surface area is 423 Å². The molecule has 0 heterocycles. The van der Waals surface area contributed by atoms with Crippen LogP contribution in [0.2, 0.25) is 0 Å². The average molecular weight is 937 g/mol. The van der Waals surface area contributed by atoms with Crippen LogP contribution in [0.15, 0.2) is 47.4 Å². The van der Waals surface area contributed by atoms with Gasteiger partial charge >= 0.3 is 41.5 Å². The largest absolute Gasteiger partial charge is 1.00 e. The Morgan fingerprint density at radius 2 is 0.692 bits per heavy atom. The monoisotopic (exact) mass is 937 g/mol. The van der Waals surface area contributed by atoms with E-state index in [0.717, 1.165) is 44.6 Å². The zero-order valence-electron chi connectivity index (χ0n) is 42.5. The molecular formula is C56H97NaO7S. The summed E-state index contributed by atoms with van der Waals surface area (Å²) in [4.78, 5) is 25.4. The molecule has 1 rings (SSSR count). The van der Waals surface area contributed by atoms with Crippen LogP contribution in [0.1, 0.15) is 291 Å². The van der Waals surface area contributed by atoms with Crippen LogP contribution in [0.3, 0.4) is 0 Å². The summed E-state index contributed by atoms with van der Waals surface area (Å²) in [5.74, 6) is -1.80. The molecule has 7 nitrogen and oxygen atoms in total. The third-order valence-corrected chi connectivity index (χ3v) is 13.6. The minimum absolute atomic E-state index is 0. The fourth-order valence-corrected chi connectivity index (χ4v) is 9.36. The molecule has 0 aliphatic rings. The van der Waals surface area contributed by atoms with Crippen molar-refractivity contribution in [1.82, 2.24) is 0 Å². The van der Waals surface area contributed by atoms with Crippen LogP contribution < -0.4 is 29.6 Å². The smallest absolute Gasteiger partial charge is 0.744 e. The summed E-state index contributed by atoms with van der Waals surface area (Å²) in [5, 5.41) is 0. The van der Waals surface area contributed by atoms with E-state index < -0.39 is 32.5 Å². The predicted molar refractivity (Wildman–Crippen MR) is 269 cm³/mol. The molecule has 0 atom stereocenters. The number of hydrogen-bond acceptors (Lipinski definition) is 7. The van der Waals surface area contributed by atoms with Crippen molar-refractivity contribution >= 4 is 22.1 Å². The van der Waals surface area contributed by atoms with E-state index in [1.54, 1.807) is 0 Å². The van der Waals surface area contributed by atoms with Crippen molar-refractivity contribution in [2.75, 3.05) is 13.2 Å². The van der Waals surface area contributed by atoms with Crippen LogP contribution in [0.4, 0.5) is 0 Å². The molecule has 0 fully saturated rings. The van der Waals surface area contributed by atoms with Gasteiger partial charge in [-0.2, -0.15) is 0 Å². The molecule has 0 amide bonds. The summed E-state index contributed by atoms with van der Waals surface area (Å²) in [6.45, 7) is 4.46. The predicted octanol–water partition coefficient (Wildman–Crippen LogP) is 14.7. The van der Waals surface area contributed by atoms with Gasteiger partial charge in [-0.25, -0.2) is 18.0 Å². The summed E-state index contributed by atoms with van der Waals surface area (Å²) in [6, 6.07) is 3.66. The summed E-state index contributed by atoms with van der Waals surface area (Å²) in [6.07, 6.45) is 59.3. The van der Waals surface area contributed by atoms with E-state index in [4.69, 9.17) is 9.47 Å². The molecular weight excluding hydrogens is 840 g/mol. The molecule has 370 valence electrons. The maximum atomic E-state index is 13.1. The maximum Gasteiger partial charge on any atom is 1.00 e. The number of hydrogen-bond donors (Lipinski definition) is 0. The topological polar surface area (TPSA) is 110 Å². The maximum absolute atomic E-state index is 13.1. The van der Waals surface area contributed by atoms with Gasteiger partial charge in [-0.1, -0.05) is 249 Å². The first-order valence-electron chi connectivity index (χ1n) is 27.0. The number of unbranched alkanes of at least 4 members (excludes halogenated alkanes) is 38. The average Bonchev–Trinajstić information content (AvgIpc) is 3.28. The van der Waals surface area contributed by atoms with Gasteiger partial charge in [-0.15, -0.1) is 0 Å². The first-order chi connectivity index (χ1) is 31.3. The second-order valence-electron chi connectivity index (χ2n) is 18.6. The van der Waals surface area contributed by atoms with E-state index >= 15 is 0 Å². The first kappa shape index (κ1) is 63.5. The van der Waals surface area contributed by atoms with Crippen molar-refractivity contribution < 1.29 is 61.6 Å². The van der Waals surface area contributed by atoms with Crippen LogP contribution in [0.25, 0.3) is 0 Å². The van der Waals surface area contributed by atoms with Crippen molar-refractivity contribution in [3.63, 3.8) is 0 Å². The van der Waals surface area contributed by atoms with Gasteiger partial charge < -0.3 is 14.0 Å². The van der Waals surface area contributed by atoms with Crippen LogP contribution in [-0.4, -0.2) is 38.1 Å². The number of allylic oxidation sites excluding steroid dienone is 4. The SMILES string of the molecule is C/C=C/CCCCCCCCCCCCCCCCCCCCCOC(=O)c1cccc(S(=O)(=O)[O-])c1C(=O)OCCCCCCCCCCCCCCCCCCCCC/C=C/C.[Na+]. The minimum atomic E-state index is -5.02. The van der Waals surface area contributed by atoms with Gasteiger partial charge in [-0.3, -0.25) is 0 Å². The third-order valence-electron chi connectivity index (χ3n) is 12.7. The number of carbonyl (C=O) groups excluding carboxylic acids is 2. The van der Waals surface area contributed by atoms with E-state index in [2.05, 4.69) is 38.2 Å². The standard InChI is InChI=1S/C56H98O7S.Na/c1-3-5-7-9-11-13-15-17-19-21-23-25-27-29-31-33-35-37-39-41-43-45-50-62-55(57)52-48-47-49-53(64(59,60)61)54(52)56(58)63-51-46-44-42-40-38-36-34-32-30-28-26-24-22-20-18-16-14-12-10-8-6-4-2;/h3-6,47-49H,7-46,50-51H2,1-2H3,(H,59,60,61);/q;+1/p-1/b5-3+,6-4+;. The molecule has 1 aromatic carbocycles. The quantitative estimate of drug-likeness (QED) is 0.0210. The molecule has 9 heteroatoms. The van der Waals surface area contributed by atoms with E-state index in [0.29, 0.717) is 12.8 Å².